The van der Waals surface area contributed by atoms with Crippen LogP contribution < -0.4 is 4.90 Å². The Bertz CT molecular complexity index is 538. The number of pyridine rings is 1. The molecule has 118 valence electrons. The molecule has 0 aliphatic carbocycles. The molecule has 1 aromatic carbocycles. The molecule has 0 fully saturated rings. The number of hydrogen-bond donors (Lipinski definition) is 0. The average molecular weight is 362 g/mol. The minimum atomic E-state index is 0.881. The van der Waals surface area contributed by atoms with Gasteiger partial charge >= 0.3 is 0 Å². The third kappa shape index (κ3) is 5.11. The Morgan fingerprint density at radius 2 is 1.68 bits per heavy atom. The molecule has 0 amide bonds. The lowest BCUT2D eigenvalue weighted by atomic mass is 10.2. The van der Waals surface area contributed by atoms with E-state index < -0.39 is 0 Å². The lowest BCUT2D eigenvalue weighted by Crippen LogP contribution is -2.35. The fourth-order valence-corrected chi connectivity index (χ4v) is 2.69. The fourth-order valence-electron chi connectivity index (χ4n) is 2.43. The molecule has 1 heterocycles. The van der Waals surface area contributed by atoms with Crippen LogP contribution in [0.3, 0.4) is 0 Å². The van der Waals surface area contributed by atoms with E-state index in [1.54, 1.807) is 0 Å². The van der Waals surface area contributed by atoms with Gasteiger partial charge in [0.25, 0.3) is 0 Å². The molecular formula is C18H24BrN3. The molecule has 2 aromatic rings. The molecule has 0 spiro atoms. The van der Waals surface area contributed by atoms with Gasteiger partial charge in [0.15, 0.2) is 0 Å². The molecule has 0 unspecified atom stereocenters. The summed E-state index contributed by atoms with van der Waals surface area (Å²) in [6.45, 7) is 9.52. The lowest BCUT2D eigenvalue weighted by Gasteiger charge is -2.27. The second kappa shape index (κ2) is 8.91. The first-order valence-corrected chi connectivity index (χ1v) is 8.65. The van der Waals surface area contributed by atoms with E-state index in [1.165, 1.54) is 5.56 Å². The van der Waals surface area contributed by atoms with Gasteiger partial charge in [-0.1, -0.05) is 48.0 Å². The predicted molar refractivity (Wildman–Crippen MR) is 97.2 cm³/mol. The van der Waals surface area contributed by atoms with Gasteiger partial charge in [0.1, 0.15) is 5.82 Å². The number of aromatic nitrogens is 1. The van der Waals surface area contributed by atoms with E-state index in [0.717, 1.165) is 43.0 Å². The van der Waals surface area contributed by atoms with Crippen LogP contribution in [0.5, 0.6) is 0 Å². The van der Waals surface area contributed by atoms with Crippen LogP contribution >= 0.6 is 15.9 Å². The first-order chi connectivity index (χ1) is 10.7. The average Bonchev–Trinajstić information content (AvgIpc) is 2.57. The minimum Gasteiger partial charge on any atom is -0.351 e. The highest BCUT2D eigenvalue weighted by molar-refractivity contribution is 9.10. The fraction of sp³-hybridized carbons (Fsp3) is 0.389. The van der Waals surface area contributed by atoms with E-state index in [-0.39, 0.29) is 0 Å². The van der Waals surface area contributed by atoms with Crippen LogP contribution in [0.1, 0.15) is 19.4 Å². The van der Waals surface area contributed by atoms with Crippen molar-refractivity contribution in [1.82, 2.24) is 9.88 Å². The Morgan fingerprint density at radius 1 is 0.955 bits per heavy atom. The summed E-state index contributed by atoms with van der Waals surface area (Å²) >= 11 is 3.49. The molecule has 0 aliphatic rings. The smallest absolute Gasteiger partial charge is 0.128 e. The van der Waals surface area contributed by atoms with Crippen LogP contribution in [0.4, 0.5) is 5.82 Å². The largest absolute Gasteiger partial charge is 0.351 e. The van der Waals surface area contributed by atoms with Crippen molar-refractivity contribution in [3.8, 4) is 0 Å². The van der Waals surface area contributed by atoms with Crippen LogP contribution in [-0.4, -0.2) is 36.1 Å². The molecule has 0 aliphatic heterocycles. The molecule has 1 aromatic heterocycles. The summed E-state index contributed by atoms with van der Waals surface area (Å²) in [6.07, 6.45) is 1.86. The van der Waals surface area contributed by atoms with Crippen molar-refractivity contribution < 1.29 is 0 Å². The van der Waals surface area contributed by atoms with E-state index in [4.69, 9.17) is 0 Å². The quantitative estimate of drug-likeness (QED) is 0.702. The molecule has 0 atom stereocenters. The third-order valence-electron chi connectivity index (χ3n) is 3.84. The Morgan fingerprint density at radius 3 is 2.27 bits per heavy atom. The number of benzene rings is 1. The van der Waals surface area contributed by atoms with Gasteiger partial charge in [0, 0.05) is 30.3 Å². The van der Waals surface area contributed by atoms with Gasteiger partial charge in [-0.3, -0.25) is 0 Å². The summed E-state index contributed by atoms with van der Waals surface area (Å²) in [5.74, 6) is 1.04. The van der Waals surface area contributed by atoms with Gasteiger partial charge in [0.05, 0.1) is 0 Å². The van der Waals surface area contributed by atoms with Crippen molar-refractivity contribution in [1.29, 1.82) is 0 Å². The first kappa shape index (κ1) is 17.0. The van der Waals surface area contributed by atoms with Crippen LogP contribution in [0.2, 0.25) is 0 Å². The van der Waals surface area contributed by atoms with Gasteiger partial charge in [-0.25, -0.2) is 4.98 Å². The summed E-state index contributed by atoms with van der Waals surface area (Å²) in [7, 11) is 0. The molecule has 22 heavy (non-hydrogen) atoms. The minimum absolute atomic E-state index is 0.881. The second-order valence-electron chi connectivity index (χ2n) is 5.26. The van der Waals surface area contributed by atoms with Crippen molar-refractivity contribution in [3.05, 3.63) is 58.7 Å². The van der Waals surface area contributed by atoms with Crippen LogP contribution in [0, 0.1) is 0 Å². The van der Waals surface area contributed by atoms with E-state index in [0.29, 0.717) is 0 Å². The lowest BCUT2D eigenvalue weighted by molar-refractivity contribution is 0.309. The summed E-state index contributed by atoms with van der Waals surface area (Å²) in [5.41, 5.74) is 1.30. The summed E-state index contributed by atoms with van der Waals surface area (Å²) in [4.78, 5) is 9.31. The molecule has 0 N–H and O–H groups in total. The van der Waals surface area contributed by atoms with Gasteiger partial charge in [-0.2, -0.15) is 0 Å². The predicted octanol–water partition coefficient (Wildman–Crippen LogP) is 4.19. The normalized spacial score (nSPS) is 10.9. The van der Waals surface area contributed by atoms with Crippen molar-refractivity contribution in [2.75, 3.05) is 31.1 Å². The Hall–Kier alpha value is -1.39. The van der Waals surface area contributed by atoms with Crippen molar-refractivity contribution in [3.63, 3.8) is 0 Å². The second-order valence-corrected chi connectivity index (χ2v) is 6.18. The number of anilines is 1. The number of nitrogens with zero attached hydrogens (tertiary/aromatic N) is 3. The molecular weight excluding hydrogens is 338 g/mol. The topological polar surface area (TPSA) is 19.4 Å². The zero-order valence-corrected chi connectivity index (χ0v) is 15.0. The number of halogens is 1. The highest BCUT2D eigenvalue weighted by atomic mass is 79.9. The summed E-state index contributed by atoms with van der Waals surface area (Å²) in [5, 5.41) is 0. The zero-order chi connectivity index (χ0) is 15.8. The summed E-state index contributed by atoms with van der Waals surface area (Å²) in [6, 6.07) is 14.6. The maximum Gasteiger partial charge on any atom is 0.128 e. The van der Waals surface area contributed by atoms with Crippen molar-refractivity contribution >= 4 is 21.7 Å². The number of hydrogen-bond acceptors (Lipinski definition) is 3. The monoisotopic (exact) mass is 361 g/mol. The molecule has 0 saturated heterocycles. The van der Waals surface area contributed by atoms with E-state index >= 15 is 0 Å². The van der Waals surface area contributed by atoms with E-state index in [2.05, 4.69) is 74.9 Å². The molecule has 3 nitrogen and oxygen atoms in total. The highest BCUT2D eigenvalue weighted by Crippen LogP contribution is 2.16. The molecule has 4 heteroatoms. The zero-order valence-electron chi connectivity index (χ0n) is 13.4. The van der Waals surface area contributed by atoms with Gasteiger partial charge in [-0.05, 0) is 42.9 Å². The van der Waals surface area contributed by atoms with Crippen LogP contribution in [0.15, 0.2) is 53.1 Å². The standard InChI is InChI=1S/C18H24BrN3/c1-3-21(4-2)13-14-22(18-7-5-6-12-20-18)15-16-8-10-17(19)11-9-16/h5-12H,3-4,13-15H2,1-2H3. The van der Waals surface area contributed by atoms with Crippen molar-refractivity contribution in [2.24, 2.45) is 0 Å². The first-order valence-electron chi connectivity index (χ1n) is 7.85. The third-order valence-corrected chi connectivity index (χ3v) is 4.37. The highest BCUT2D eigenvalue weighted by Gasteiger charge is 2.10. The molecule has 0 radical (unpaired) electrons. The Labute approximate surface area is 142 Å². The molecule has 0 saturated carbocycles. The van der Waals surface area contributed by atoms with E-state index in [1.807, 2.05) is 18.3 Å². The Balaban J connectivity index is 2.09. The van der Waals surface area contributed by atoms with Crippen LogP contribution in [-0.2, 0) is 6.54 Å². The molecule has 0 bridgehead atoms. The maximum absolute atomic E-state index is 4.52. The number of rotatable bonds is 8. The number of likely N-dealkylation sites (N-methyl/N-ethyl adjacent to an activating group) is 1. The van der Waals surface area contributed by atoms with Gasteiger partial charge < -0.3 is 9.80 Å². The maximum atomic E-state index is 4.52. The van der Waals surface area contributed by atoms with Crippen molar-refractivity contribution in [2.45, 2.75) is 20.4 Å². The summed E-state index contributed by atoms with van der Waals surface area (Å²) < 4.78 is 1.11. The SMILES string of the molecule is CCN(CC)CCN(Cc1ccc(Br)cc1)c1ccccn1. The van der Waals surface area contributed by atoms with E-state index in [9.17, 15) is 0 Å². The van der Waals surface area contributed by atoms with Gasteiger partial charge in [-0.15, -0.1) is 0 Å². The van der Waals surface area contributed by atoms with Gasteiger partial charge in [0.2, 0.25) is 0 Å². The Kier molecular flexibility index (Phi) is 6.87. The van der Waals surface area contributed by atoms with Crippen LogP contribution in [0.25, 0.3) is 0 Å². The molecule has 2 rings (SSSR count).